The molecule has 0 bridgehead atoms. The average molecular weight is 233 g/mol. The highest BCUT2D eigenvalue weighted by Crippen LogP contribution is 2.47. The molecule has 1 aromatic heterocycles. The molecule has 1 heterocycles. The summed E-state index contributed by atoms with van der Waals surface area (Å²) in [5, 5.41) is 0. The van der Waals surface area contributed by atoms with Gasteiger partial charge in [0.15, 0.2) is 0 Å². The molecule has 0 aromatic carbocycles. The fourth-order valence-corrected chi connectivity index (χ4v) is 2.97. The number of nitrogens with zero attached hydrogens (tertiary/aromatic N) is 1. The smallest absolute Gasteiger partial charge is 0.0270 e. The van der Waals surface area contributed by atoms with Crippen LogP contribution in [0.4, 0.5) is 0 Å². The quantitative estimate of drug-likeness (QED) is 0.676. The zero-order chi connectivity index (χ0) is 12.9. The molecule has 0 N–H and O–H groups in total. The van der Waals surface area contributed by atoms with Crippen molar-refractivity contribution < 1.29 is 0 Å². The standard InChI is InChI=1S/C16H27N/c1-6-10-16(5,11-7-2)15(3,4)14-8-12-17-13-9-14/h8-9,12-13H,6-7,10-11H2,1-5H3. The molecule has 0 atom stereocenters. The molecule has 0 unspecified atom stereocenters. The summed E-state index contributed by atoms with van der Waals surface area (Å²) in [5.74, 6) is 0. The van der Waals surface area contributed by atoms with Crippen molar-refractivity contribution in [1.29, 1.82) is 0 Å². The van der Waals surface area contributed by atoms with Crippen LogP contribution in [-0.2, 0) is 5.41 Å². The van der Waals surface area contributed by atoms with Crippen LogP contribution in [0, 0.1) is 5.41 Å². The van der Waals surface area contributed by atoms with Crippen LogP contribution in [0.15, 0.2) is 24.5 Å². The van der Waals surface area contributed by atoms with E-state index in [1.54, 1.807) is 0 Å². The minimum atomic E-state index is 0.210. The van der Waals surface area contributed by atoms with Gasteiger partial charge in [-0.05, 0) is 41.4 Å². The largest absolute Gasteiger partial charge is 0.265 e. The number of hydrogen-bond acceptors (Lipinski definition) is 1. The van der Waals surface area contributed by atoms with Crippen LogP contribution in [0.1, 0.15) is 65.9 Å². The first-order chi connectivity index (χ1) is 7.98. The Morgan fingerprint density at radius 2 is 1.41 bits per heavy atom. The van der Waals surface area contributed by atoms with E-state index in [1.807, 2.05) is 12.4 Å². The second-order valence-corrected chi connectivity index (χ2v) is 5.92. The van der Waals surface area contributed by atoms with Crippen molar-refractivity contribution in [3.8, 4) is 0 Å². The molecule has 0 fully saturated rings. The van der Waals surface area contributed by atoms with Crippen LogP contribution in [0.25, 0.3) is 0 Å². The Balaban J connectivity index is 3.08. The van der Waals surface area contributed by atoms with Crippen molar-refractivity contribution in [2.75, 3.05) is 0 Å². The lowest BCUT2D eigenvalue weighted by molar-refractivity contribution is 0.136. The average Bonchev–Trinajstić information content (AvgIpc) is 2.30. The van der Waals surface area contributed by atoms with Gasteiger partial charge in [0.2, 0.25) is 0 Å². The lowest BCUT2D eigenvalue weighted by Crippen LogP contribution is -2.39. The van der Waals surface area contributed by atoms with E-state index in [0.717, 1.165) is 0 Å². The second-order valence-electron chi connectivity index (χ2n) is 5.92. The zero-order valence-electron chi connectivity index (χ0n) is 12.1. The Kier molecular flexibility index (Phi) is 4.73. The highest BCUT2D eigenvalue weighted by Gasteiger charge is 2.40. The normalized spacial score (nSPS) is 12.8. The number of hydrogen-bond donors (Lipinski definition) is 0. The Morgan fingerprint density at radius 3 is 1.82 bits per heavy atom. The van der Waals surface area contributed by atoms with E-state index in [0.29, 0.717) is 5.41 Å². The SMILES string of the molecule is CCCC(C)(CCC)C(C)(C)c1ccncc1. The van der Waals surface area contributed by atoms with Gasteiger partial charge in [-0.1, -0.05) is 47.5 Å². The summed E-state index contributed by atoms with van der Waals surface area (Å²) >= 11 is 0. The number of pyridine rings is 1. The molecular formula is C16H27N. The monoisotopic (exact) mass is 233 g/mol. The van der Waals surface area contributed by atoms with Gasteiger partial charge in [0.05, 0.1) is 0 Å². The van der Waals surface area contributed by atoms with Gasteiger partial charge in [0, 0.05) is 12.4 Å². The molecule has 1 heteroatoms. The van der Waals surface area contributed by atoms with Gasteiger partial charge >= 0.3 is 0 Å². The van der Waals surface area contributed by atoms with Crippen LogP contribution >= 0.6 is 0 Å². The molecule has 0 radical (unpaired) electrons. The van der Waals surface area contributed by atoms with Gasteiger partial charge < -0.3 is 0 Å². The predicted octanol–water partition coefficient (Wildman–Crippen LogP) is 4.97. The van der Waals surface area contributed by atoms with Crippen molar-refractivity contribution in [3.05, 3.63) is 30.1 Å². The van der Waals surface area contributed by atoms with E-state index in [2.05, 4.69) is 51.7 Å². The molecule has 17 heavy (non-hydrogen) atoms. The highest BCUT2D eigenvalue weighted by atomic mass is 14.6. The molecule has 0 spiro atoms. The predicted molar refractivity (Wildman–Crippen MR) is 75.2 cm³/mol. The summed E-state index contributed by atoms with van der Waals surface area (Å²) in [6, 6.07) is 4.34. The first-order valence-corrected chi connectivity index (χ1v) is 6.88. The van der Waals surface area contributed by atoms with Gasteiger partial charge in [-0.3, -0.25) is 4.98 Å². The summed E-state index contributed by atoms with van der Waals surface area (Å²) in [7, 11) is 0. The first kappa shape index (κ1) is 14.2. The van der Waals surface area contributed by atoms with Crippen LogP contribution < -0.4 is 0 Å². The summed E-state index contributed by atoms with van der Waals surface area (Å²) in [6.07, 6.45) is 8.91. The zero-order valence-corrected chi connectivity index (χ0v) is 12.1. The topological polar surface area (TPSA) is 12.9 Å². The van der Waals surface area contributed by atoms with Crippen LogP contribution in [0.2, 0.25) is 0 Å². The van der Waals surface area contributed by atoms with Crippen molar-refractivity contribution >= 4 is 0 Å². The number of aromatic nitrogens is 1. The fourth-order valence-electron chi connectivity index (χ4n) is 2.97. The van der Waals surface area contributed by atoms with Crippen molar-refractivity contribution in [3.63, 3.8) is 0 Å². The van der Waals surface area contributed by atoms with E-state index >= 15 is 0 Å². The van der Waals surface area contributed by atoms with Gasteiger partial charge in [-0.25, -0.2) is 0 Å². The molecule has 1 nitrogen and oxygen atoms in total. The van der Waals surface area contributed by atoms with E-state index in [4.69, 9.17) is 0 Å². The van der Waals surface area contributed by atoms with E-state index < -0.39 is 0 Å². The minimum Gasteiger partial charge on any atom is -0.265 e. The summed E-state index contributed by atoms with van der Waals surface area (Å²) in [6.45, 7) is 11.8. The van der Waals surface area contributed by atoms with Crippen molar-refractivity contribution in [1.82, 2.24) is 4.98 Å². The molecule has 0 saturated carbocycles. The van der Waals surface area contributed by atoms with Gasteiger partial charge in [-0.15, -0.1) is 0 Å². The maximum absolute atomic E-state index is 4.13. The Morgan fingerprint density at radius 1 is 0.941 bits per heavy atom. The molecule has 0 aliphatic rings. The second kappa shape index (κ2) is 5.66. The van der Waals surface area contributed by atoms with Gasteiger partial charge in [0.1, 0.15) is 0 Å². The van der Waals surface area contributed by atoms with Gasteiger partial charge in [-0.2, -0.15) is 0 Å². The maximum Gasteiger partial charge on any atom is 0.0270 e. The molecular weight excluding hydrogens is 206 g/mol. The Hall–Kier alpha value is -0.850. The molecule has 0 saturated heterocycles. The summed E-state index contributed by atoms with van der Waals surface area (Å²) < 4.78 is 0. The Labute approximate surface area is 107 Å². The molecule has 0 amide bonds. The first-order valence-electron chi connectivity index (χ1n) is 6.88. The molecule has 0 aliphatic carbocycles. The highest BCUT2D eigenvalue weighted by molar-refractivity contribution is 5.24. The lowest BCUT2D eigenvalue weighted by atomic mass is 9.59. The lowest BCUT2D eigenvalue weighted by Gasteiger charge is -2.45. The molecule has 1 aromatic rings. The molecule has 96 valence electrons. The van der Waals surface area contributed by atoms with Crippen LogP contribution in [0.3, 0.4) is 0 Å². The number of rotatable bonds is 6. The van der Waals surface area contributed by atoms with Crippen molar-refractivity contribution in [2.45, 2.75) is 65.7 Å². The minimum absolute atomic E-state index is 0.210. The molecule has 1 rings (SSSR count). The third-order valence-corrected chi connectivity index (χ3v) is 4.51. The maximum atomic E-state index is 4.13. The fraction of sp³-hybridized carbons (Fsp3) is 0.688. The van der Waals surface area contributed by atoms with Crippen molar-refractivity contribution in [2.24, 2.45) is 5.41 Å². The molecule has 0 aliphatic heterocycles. The van der Waals surface area contributed by atoms with Crippen LogP contribution in [0.5, 0.6) is 0 Å². The van der Waals surface area contributed by atoms with E-state index in [-0.39, 0.29) is 5.41 Å². The summed E-state index contributed by atoms with van der Waals surface area (Å²) in [4.78, 5) is 4.13. The van der Waals surface area contributed by atoms with Crippen LogP contribution in [-0.4, -0.2) is 4.98 Å². The van der Waals surface area contributed by atoms with Gasteiger partial charge in [0.25, 0.3) is 0 Å². The third kappa shape index (κ3) is 2.88. The Bertz CT molecular complexity index is 321. The third-order valence-electron chi connectivity index (χ3n) is 4.51. The van der Waals surface area contributed by atoms with E-state index in [1.165, 1.54) is 31.2 Å². The summed E-state index contributed by atoms with van der Waals surface area (Å²) in [5.41, 5.74) is 2.00. The van der Waals surface area contributed by atoms with E-state index in [9.17, 15) is 0 Å².